The summed E-state index contributed by atoms with van der Waals surface area (Å²) in [7, 11) is 3.35. The molecule has 1 aliphatic rings. The van der Waals surface area contributed by atoms with Crippen LogP contribution in [0.15, 0.2) is 45.8 Å². The van der Waals surface area contributed by atoms with Crippen LogP contribution in [0.3, 0.4) is 0 Å². The quantitative estimate of drug-likeness (QED) is 0.602. The van der Waals surface area contributed by atoms with Gasteiger partial charge in [0.25, 0.3) is 0 Å². The molecular weight excluding hydrogens is 436 g/mol. The molecule has 1 atom stereocenters. The third kappa shape index (κ3) is 3.81. The van der Waals surface area contributed by atoms with E-state index in [0.29, 0.717) is 25.2 Å². The molecule has 1 saturated heterocycles. The molecule has 0 radical (unpaired) electrons. The Morgan fingerprint density at radius 2 is 2.17 bits per heavy atom. The van der Waals surface area contributed by atoms with Crippen LogP contribution in [-0.4, -0.2) is 45.1 Å². The van der Waals surface area contributed by atoms with Crippen molar-refractivity contribution in [2.75, 3.05) is 20.2 Å². The smallest absolute Gasteiger partial charge is 0.330 e. The molecule has 3 heterocycles. The van der Waals surface area contributed by atoms with Crippen LogP contribution >= 0.6 is 15.9 Å². The third-order valence-corrected chi connectivity index (χ3v) is 5.92. The number of pyridine rings is 1. The van der Waals surface area contributed by atoms with Gasteiger partial charge >= 0.3 is 5.69 Å². The third-order valence-electron chi connectivity index (χ3n) is 5.49. The number of piperidine rings is 1. The molecule has 1 amide bonds. The van der Waals surface area contributed by atoms with Crippen LogP contribution in [0.25, 0.3) is 11.2 Å². The molecule has 8 heteroatoms. The second-order valence-corrected chi connectivity index (χ2v) is 8.29. The Bertz CT molecular complexity index is 1120. The lowest BCUT2D eigenvalue weighted by Gasteiger charge is -2.33. The van der Waals surface area contributed by atoms with Gasteiger partial charge in [0.05, 0.1) is 25.1 Å². The number of carbonyl (C=O) groups excluding carboxylic acids is 1. The molecule has 0 aliphatic carbocycles. The summed E-state index contributed by atoms with van der Waals surface area (Å²) < 4.78 is 9.43. The van der Waals surface area contributed by atoms with Crippen LogP contribution in [0.2, 0.25) is 0 Å². The maximum absolute atomic E-state index is 12.9. The summed E-state index contributed by atoms with van der Waals surface area (Å²) in [6.45, 7) is 1.23. The largest absolute Gasteiger partial charge is 0.497 e. The Hall–Kier alpha value is -2.61. The zero-order valence-corrected chi connectivity index (χ0v) is 18.1. The van der Waals surface area contributed by atoms with Crippen LogP contribution in [0.1, 0.15) is 24.4 Å². The standard InChI is InChI=1S/C21H23BrN4O3/c1-24-20-18(11-15(22)12-23-20)26(21(24)28)16-6-4-8-25(13-16)19(27)10-14-5-3-7-17(9-14)29-2/h3,5,7,9,11-12,16H,4,6,8,10,13H2,1-2H3/t16-/m0/s1. The number of imidazole rings is 1. The van der Waals surface area contributed by atoms with Gasteiger partial charge < -0.3 is 9.64 Å². The number of hydrogen-bond donors (Lipinski definition) is 0. The average Bonchev–Trinajstić information content (AvgIpc) is 2.97. The second-order valence-electron chi connectivity index (χ2n) is 7.37. The molecule has 0 spiro atoms. The molecule has 0 saturated carbocycles. The lowest BCUT2D eigenvalue weighted by Crippen LogP contribution is -2.43. The summed E-state index contributed by atoms with van der Waals surface area (Å²) in [6, 6.07) is 9.43. The van der Waals surface area contributed by atoms with Gasteiger partial charge in [-0.1, -0.05) is 12.1 Å². The van der Waals surface area contributed by atoms with Crippen molar-refractivity contribution < 1.29 is 9.53 Å². The minimum absolute atomic E-state index is 0.0645. The summed E-state index contributed by atoms with van der Waals surface area (Å²) in [6.07, 6.45) is 3.73. The summed E-state index contributed by atoms with van der Waals surface area (Å²) >= 11 is 3.45. The number of carbonyl (C=O) groups is 1. The number of nitrogens with zero attached hydrogens (tertiary/aromatic N) is 4. The van der Waals surface area contributed by atoms with E-state index in [1.54, 1.807) is 29.5 Å². The summed E-state index contributed by atoms with van der Waals surface area (Å²) in [4.78, 5) is 32.1. The van der Waals surface area contributed by atoms with E-state index < -0.39 is 0 Å². The van der Waals surface area contributed by atoms with Crippen molar-refractivity contribution in [2.45, 2.75) is 25.3 Å². The van der Waals surface area contributed by atoms with Gasteiger partial charge in [-0.2, -0.15) is 0 Å². The van der Waals surface area contributed by atoms with Gasteiger partial charge in [-0.3, -0.25) is 13.9 Å². The highest BCUT2D eigenvalue weighted by molar-refractivity contribution is 9.10. The molecule has 0 N–H and O–H groups in total. The lowest BCUT2D eigenvalue weighted by molar-refractivity contribution is -0.132. The molecule has 1 aromatic carbocycles. The summed E-state index contributed by atoms with van der Waals surface area (Å²) in [5.41, 5.74) is 2.27. The van der Waals surface area contributed by atoms with E-state index in [9.17, 15) is 9.59 Å². The Morgan fingerprint density at radius 3 is 2.97 bits per heavy atom. The van der Waals surface area contributed by atoms with Gasteiger partial charge in [0, 0.05) is 30.8 Å². The first-order valence-corrected chi connectivity index (χ1v) is 10.4. The fraction of sp³-hybridized carbons (Fsp3) is 0.381. The topological polar surface area (TPSA) is 69.4 Å². The van der Waals surface area contributed by atoms with Gasteiger partial charge in [0.1, 0.15) is 5.75 Å². The van der Waals surface area contributed by atoms with Crippen LogP contribution < -0.4 is 10.4 Å². The number of ether oxygens (including phenoxy) is 1. The number of amides is 1. The van der Waals surface area contributed by atoms with Crippen LogP contribution in [0, 0.1) is 0 Å². The number of benzene rings is 1. The zero-order chi connectivity index (χ0) is 20.5. The Labute approximate surface area is 177 Å². The molecule has 1 fully saturated rings. The van der Waals surface area contributed by atoms with E-state index in [2.05, 4.69) is 20.9 Å². The number of methoxy groups -OCH3 is 1. The maximum atomic E-state index is 12.9. The van der Waals surface area contributed by atoms with Crippen molar-refractivity contribution in [1.29, 1.82) is 0 Å². The molecule has 2 aromatic heterocycles. The van der Waals surface area contributed by atoms with Crippen LogP contribution in [0.5, 0.6) is 5.75 Å². The predicted octanol–water partition coefficient (Wildman–Crippen LogP) is 2.91. The van der Waals surface area contributed by atoms with E-state index in [-0.39, 0.29) is 17.6 Å². The van der Waals surface area contributed by atoms with Gasteiger partial charge in [0.2, 0.25) is 5.91 Å². The minimum Gasteiger partial charge on any atom is -0.497 e. The SMILES string of the molecule is COc1cccc(CC(=O)N2CCC[C@H](n3c(=O)n(C)c4ncc(Br)cc43)C2)c1. The van der Waals surface area contributed by atoms with Crippen molar-refractivity contribution in [2.24, 2.45) is 7.05 Å². The van der Waals surface area contributed by atoms with Crippen molar-refractivity contribution in [3.63, 3.8) is 0 Å². The number of fused-ring (bicyclic) bond motifs is 1. The number of likely N-dealkylation sites (tertiary alicyclic amines) is 1. The molecule has 7 nitrogen and oxygen atoms in total. The first-order chi connectivity index (χ1) is 14.0. The molecule has 0 unspecified atom stereocenters. The molecule has 29 heavy (non-hydrogen) atoms. The van der Waals surface area contributed by atoms with E-state index >= 15 is 0 Å². The molecule has 1 aliphatic heterocycles. The van der Waals surface area contributed by atoms with Crippen LogP contribution in [-0.2, 0) is 18.3 Å². The molecule has 3 aromatic rings. The fourth-order valence-electron chi connectivity index (χ4n) is 4.03. The number of aromatic nitrogens is 3. The lowest BCUT2D eigenvalue weighted by atomic mass is 10.0. The first kappa shape index (κ1) is 19.7. The van der Waals surface area contributed by atoms with E-state index in [1.807, 2.05) is 35.2 Å². The second kappa shape index (κ2) is 8.02. The molecular formula is C21H23BrN4O3. The normalized spacial score (nSPS) is 16.9. The van der Waals surface area contributed by atoms with Gasteiger partial charge in [-0.15, -0.1) is 0 Å². The van der Waals surface area contributed by atoms with E-state index in [0.717, 1.165) is 34.1 Å². The summed E-state index contributed by atoms with van der Waals surface area (Å²) in [5, 5.41) is 0. The molecule has 152 valence electrons. The van der Waals surface area contributed by atoms with Crippen LogP contribution in [0.4, 0.5) is 0 Å². The molecule has 4 rings (SSSR count). The Balaban J connectivity index is 1.58. The molecule has 0 bridgehead atoms. The van der Waals surface area contributed by atoms with Crippen molar-refractivity contribution in [3.8, 4) is 5.75 Å². The van der Waals surface area contributed by atoms with Gasteiger partial charge in [0.15, 0.2) is 5.65 Å². The highest BCUT2D eigenvalue weighted by Gasteiger charge is 2.28. The van der Waals surface area contributed by atoms with Crippen molar-refractivity contribution in [1.82, 2.24) is 19.0 Å². The highest BCUT2D eigenvalue weighted by atomic mass is 79.9. The summed E-state index contributed by atoms with van der Waals surface area (Å²) in [5.74, 6) is 0.808. The maximum Gasteiger partial charge on any atom is 0.330 e. The van der Waals surface area contributed by atoms with E-state index in [4.69, 9.17) is 4.74 Å². The first-order valence-electron chi connectivity index (χ1n) is 9.61. The van der Waals surface area contributed by atoms with Gasteiger partial charge in [-0.05, 0) is 52.5 Å². The number of hydrogen-bond acceptors (Lipinski definition) is 4. The Kier molecular flexibility index (Phi) is 5.45. The zero-order valence-electron chi connectivity index (χ0n) is 16.5. The Morgan fingerprint density at radius 1 is 1.34 bits per heavy atom. The van der Waals surface area contributed by atoms with Crippen molar-refractivity contribution >= 4 is 33.0 Å². The number of rotatable bonds is 4. The van der Waals surface area contributed by atoms with Gasteiger partial charge in [-0.25, -0.2) is 9.78 Å². The van der Waals surface area contributed by atoms with Crippen molar-refractivity contribution in [3.05, 3.63) is 57.0 Å². The fourth-order valence-corrected chi connectivity index (χ4v) is 4.35. The number of halogens is 1. The van der Waals surface area contributed by atoms with E-state index in [1.165, 1.54) is 0 Å². The number of aryl methyl sites for hydroxylation is 1. The minimum atomic E-state index is -0.0994. The average molecular weight is 459 g/mol. The predicted molar refractivity (Wildman–Crippen MR) is 114 cm³/mol. The monoisotopic (exact) mass is 458 g/mol. The highest BCUT2D eigenvalue weighted by Crippen LogP contribution is 2.26.